The summed E-state index contributed by atoms with van der Waals surface area (Å²) in [5.41, 5.74) is 2.06. The Morgan fingerprint density at radius 3 is 2.33 bits per heavy atom. The van der Waals surface area contributed by atoms with Crippen molar-refractivity contribution >= 4 is 29.2 Å². The van der Waals surface area contributed by atoms with Crippen molar-refractivity contribution in [2.45, 2.75) is 6.42 Å². The van der Waals surface area contributed by atoms with Gasteiger partial charge >= 0.3 is 0 Å². The molecule has 0 aliphatic carbocycles. The monoisotopic (exact) mass is 416 g/mol. The van der Waals surface area contributed by atoms with E-state index in [1.807, 2.05) is 78.7 Å². The average Bonchev–Trinajstić information content (AvgIpc) is 2.81. The number of aromatic nitrogens is 4. The second-order valence-corrected chi connectivity index (χ2v) is 7.08. The molecule has 1 N–H and O–H groups in total. The minimum Gasteiger partial charge on any atom is -0.354 e. The molecule has 0 aliphatic heterocycles. The Kier molecular flexibility index (Phi) is 6.15. The number of halogens is 1. The summed E-state index contributed by atoms with van der Waals surface area (Å²) in [6, 6.07) is 21.4. The fourth-order valence-corrected chi connectivity index (χ4v) is 3.24. The quantitative estimate of drug-likeness (QED) is 0.456. The van der Waals surface area contributed by atoms with Crippen LogP contribution in [-0.4, -0.2) is 33.5 Å². The molecule has 0 unspecified atom stereocenters. The molecule has 2 heterocycles. The predicted molar refractivity (Wildman–Crippen MR) is 121 cm³/mol. The zero-order valence-electron chi connectivity index (χ0n) is 16.5. The second-order valence-electron chi connectivity index (χ2n) is 6.67. The first-order valence-electron chi connectivity index (χ1n) is 9.63. The van der Waals surface area contributed by atoms with E-state index in [1.54, 1.807) is 12.4 Å². The lowest BCUT2D eigenvalue weighted by molar-refractivity contribution is 0.972. The van der Waals surface area contributed by atoms with Gasteiger partial charge in [0.25, 0.3) is 0 Å². The fraction of sp³-hybridized carbons (Fsp3) is 0.130. The van der Waals surface area contributed by atoms with Gasteiger partial charge in [0.2, 0.25) is 5.95 Å². The Bertz CT molecular complexity index is 1120. The van der Waals surface area contributed by atoms with Crippen molar-refractivity contribution in [3.8, 4) is 11.4 Å². The third-order valence-corrected chi connectivity index (χ3v) is 5.01. The summed E-state index contributed by atoms with van der Waals surface area (Å²) in [6.07, 6.45) is 4.27. The zero-order chi connectivity index (χ0) is 20.8. The molecular weight excluding hydrogens is 396 g/mol. The number of anilines is 3. The van der Waals surface area contributed by atoms with E-state index in [-0.39, 0.29) is 0 Å². The van der Waals surface area contributed by atoms with E-state index in [4.69, 9.17) is 11.6 Å². The van der Waals surface area contributed by atoms with Crippen LogP contribution < -0.4 is 10.2 Å². The summed E-state index contributed by atoms with van der Waals surface area (Å²) in [5, 5.41) is 4.03. The van der Waals surface area contributed by atoms with Gasteiger partial charge in [-0.05, 0) is 30.2 Å². The van der Waals surface area contributed by atoms with Crippen LogP contribution in [0.4, 0.5) is 17.6 Å². The molecule has 2 aromatic carbocycles. The third kappa shape index (κ3) is 4.72. The average molecular weight is 417 g/mol. The molecule has 6 nitrogen and oxygen atoms in total. The van der Waals surface area contributed by atoms with E-state index in [0.717, 1.165) is 34.2 Å². The van der Waals surface area contributed by atoms with Crippen LogP contribution in [0, 0.1) is 0 Å². The first kappa shape index (κ1) is 19.8. The molecule has 0 aliphatic rings. The first-order valence-corrected chi connectivity index (χ1v) is 10.0. The van der Waals surface area contributed by atoms with E-state index in [2.05, 4.69) is 25.3 Å². The molecule has 4 aromatic rings. The number of nitrogens with zero attached hydrogens (tertiary/aromatic N) is 5. The summed E-state index contributed by atoms with van der Waals surface area (Å²) < 4.78 is 0. The van der Waals surface area contributed by atoms with Gasteiger partial charge in [-0.2, -0.15) is 4.98 Å². The number of nitrogens with one attached hydrogen (secondary N) is 1. The van der Waals surface area contributed by atoms with Crippen molar-refractivity contribution in [2.24, 2.45) is 0 Å². The Morgan fingerprint density at radius 1 is 0.833 bits per heavy atom. The number of hydrogen-bond donors (Lipinski definition) is 1. The molecule has 2 aromatic heterocycles. The van der Waals surface area contributed by atoms with Crippen LogP contribution >= 0.6 is 11.6 Å². The molecule has 0 fully saturated rings. The maximum absolute atomic E-state index is 6.22. The van der Waals surface area contributed by atoms with Gasteiger partial charge in [-0.3, -0.25) is 0 Å². The molecule has 0 saturated carbocycles. The van der Waals surface area contributed by atoms with E-state index >= 15 is 0 Å². The van der Waals surface area contributed by atoms with Gasteiger partial charge in [-0.1, -0.05) is 60.1 Å². The van der Waals surface area contributed by atoms with Crippen molar-refractivity contribution < 1.29 is 0 Å². The predicted octanol–water partition coefficient (Wildman–Crippen LogP) is 5.01. The minimum absolute atomic E-state index is 0.559. The SMILES string of the molecule is CN(c1ccnc(NCCc2ccccc2Cl)n1)c1ccnc(-c2ccccc2)n1. The molecule has 0 bridgehead atoms. The summed E-state index contributed by atoms with van der Waals surface area (Å²) in [6.45, 7) is 0.683. The molecule has 0 saturated heterocycles. The largest absolute Gasteiger partial charge is 0.354 e. The molecule has 150 valence electrons. The minimum atomic E-state index is 0.559. The molecule has 0 spiro atoms. The zero-order valence-corrected chi connectivity index (χ0v) is 17.3. The number of benzene rings is 2. The fourth-order valence-electron chi connectivity index (χ4n) is 3.01. The van der Waals surface area contributed by atoms with E-state index in [0.29, 0.717) is 18.3 Å². The second kappa shape index (κ2) is 9.33. The Hall–Kier alpha value is -3.51. The first-order chi connectivity index (χ1) is 14.7. The maximum Gasteiger partial charge on any atom is 0.224 e. The van der Waals surface area contributed by atoms with Crippen LogP contribution in [0.3, 0.4) is 0 Å². The van der Waals surface area contributed by atoms with Crippen LogP contribution in [0.2, 0.25) is 5.02 Å². The van der Waals surface area contributed by atoms with E-state index < -0.39 is 0 Å². The van der Waals surface area contributed by atoms with Gasteiger partial charge in [-0.25, -0.2) is 15.0 Å². The van der Waals surface area contributed by atoms with Crippen LogP contribution in [0.25, 0.3) is 11.4 Å². The third-order valence-electron chi connectivity index (χ3n) is 4.64. The molecule has 0 atom stereocenters. The highest BCUT2D eigenvalue weighted by Gasteiger charge is 2.10. The topological polar surface area (TPSA) is 66.8 Å². The normalized spacial score (nSPS) is 10.6. The summed E-state index contributed by atoms with van der Waals surface area (Å²) in [4.78, 5) is 19.9. The summed E-state index contributed by atoms with van der Waals surface area (Å²) >= 11 is 6.22. The van der Waals surface area contributed by atoms with Crippen molar-refractivity contribution in [3.63, 3.8) is 0 Å². The van der Waals surface area contributed by atoms with Gasteiger partial charge in [0.1, 0.15) is 11.6 Å². The van der Waals surface area contributed by atoms with E-state index in [9.17, 15) is 0 Å². The lowest BCUT2D eigenvalue weighted by atomic mass is 10.1. The van der Waals surface area contributed by atoms with Crippen LogP contribution in [0.1, 0.15) is 5.56 Å². The van der Waals surface area contributed by atoms with Crippen LogP contribution in [0.5, 0.6) is 0 Å². The van der Waals surface area contributed by atoms with Gasteiger partial charge in [0, 0.05) is 36.6 Å². The van der Waals surface area contributed by atoms with Crippen molar-refractivity contribution in [2.75, 3.05) is 23.8 Å². The molecule has 30 heavy (non-hydrogen) atoms. The maximum atomic E-state index is 6.22. The van der Waals surface area contributed by atoms with Crippen LogP contribution in [0.15, 0.2) is 79.1 Å². The van der Waals surface area contributed by atoms with Crippen molar-refractivity contribution in [1.29, 1.82) is 0 Å². The standard InChI is InChI=1S/C23H21ClN6/c1-30(20-12-15-25-22(28-20)18-8-3-2-4-9-18)21-13-16-27-23(29-21)26-14-11-17-7-5-6-10-19(17)24/h2-10,12-13,15-16H,11,14H2,1H3,(H,26,27,29). The molecular formula is C23H21ClN6. The van der Waals surface area contributed by atoms with Gasteiger partial charge in [0.05, 0.1) is 0 Å². The van der Waals surface area contributed by atoms with Crippen molar-refractivity contribution in [1.82, 2.24) is 19.9 Å². The Labute approximate surface area is 180 Å². The summed E-state index contributed by atoms with van der Waals surface area (Å²) in [7, 11) is 1.92. The molecule has 4 rings (SSSR count). The molecule has 0 radical (unpaired) electrons. The van der Waals surface area contributed by atoms with Gasteiger partial charge < -0.3 is 10.2 Å². The van der Waals surface area contributed by atoms with Gasteiger partial charge in [-0.15, -0.1) is 0 Å². The van der Waals surface area contributed by atoms with Crippen LogP contribution in [-0.2, 0) is 6.42 Å². The van der Waals surface area contributed by atoms with Gasteiger partial charge in [0.15, 0.2) is 5.82 Å². The highest BCUT2D eigenvalue weighted by atomic mass is 35.5. The molecule has 0 amide bonds. The highest BCUT2D eigenvalue weighted by molar-refractivity contribution is 6.31. The van der Waals surface area contributed by atoms with E-state index in [1.165, 1.54) is 0 Å². The lowest BCUT2D eigenvalue weighted by Gasteiger charge is -2.18. The van der Waals surface area contributed by atoms with Crippen molar-refractivity contribution in [3.05, 3.63) is 89.7 Å². The number of hydrogen-bond acceptors (Lipinski definition) is 6. The molecule has 7 heteroatoms. The summed E-state index contributed by atoms with van der Waals surface area (Å²) in [5.74, 6) is 2.73. The Balaban J connectivity index is 1.46. The lowest BCUT2D eigenvalue weighted by Crippen LogP contribution is -2.15. The smallest absolute Gasteiger partial charge is 0.224 e. The number of rotatable bonds is 7. The Morgan fingerprint density at radius 2 is 1.53 bits per heavy atom. The highest BCUT2D eigenvalue weighted by Crippen LogP contribution is 2.23.